The number of hydrogen-bond acceptors (Lipinski definition) is 5. The van der Waals surface area contributed by atoms with E-state index in [1.54, 1.807) is 18.2 Å². The minimum atomic E-state index is -1.07. The Hall–Kier alpha value is -2.48. The average Bonchev–Trinajstić information content (AvgIpc) is 3.27. The molecule has 2 bridgehead atoms. The van der Waals surface area contributed by atoms with Crippen LogP contribution in [0.25, 0.3) is 0 Å². The van der Waals surface area contributed by atoms with Gasteiger partial charge < -0.3 is 9.84 Å². The predicted molar refractivity (Wildman–Crippen MR) is 94.4 cm³/mol. The first-order chi connectivity index (χ1) is 12.5. The molecule has 2 aliphatic carbocycles. The summed E-state index contributed by atoms with van der Waals surface area (Å²) in [5, 5.41) is 13.7. The predicted octanol–water partition coefficient (Wildman–Crippen LogP) is 2.05. The number of hydrogen-bond donors (Lipinski definition) is 1. The van der Waals surface area contributed by atoms with E-state index in [1.165, 1.54) is 6.21 Å². The van der Waals surface area contributed by atoms with Crippen LogP contribution in [-0.2, 0) is 14.4 Å². The number of aliphatic carboxylic acids is 1. The number of amides is 2. The van der Waals surface area contributed by atoms with Crippen molar-refractivity contribution in [3.05, 3.63) is 40.4 Å². The third-order valence-corrected chi connectivity index (χ3v) is 5.70. The summed E-state index contributed by atoms with van der Waals surface area (Å²) >= 11 is 3.30. The molecule has 0 radical (unpaired) electrons. The third-order valence-electron chi connectivity index (χ3n) is 5.08. The lowest BCUT2D eigenvalue weighted by Gasteiger charge is -2.13. The highest BCUT2D eigenvalue weighted by Gasteiger charge is 2.59. The minimum absolute atomic E-state index is 0.154. The van der Waals surface area contributed by atoms with E-state index in [9.17, 15) is 14.4 Å². The first kappa shape index (κ1) is 17.0. The van der Waals surface area contributed by atoms with Crippen molar-refractivity contribution in [3.63, 3.8) is 0 Å². The maximum Gasteiger partial charge on any atom is 0.341 e. The number of carbonyl (C=O) groups excluding carboxylic acids is 2. The molecule has 1 aromatic carbocycles. The van der Waals surface area contributed by atoms with Crippen molar-refractivity contribution in [3.8, 4) is 5.75 Å². The highest BCUT2D eigenvalue weighted by atomic mass is 79.9. The molecule has 1 aliphatic heterocycles. The summed E-state index contributed by atoms with van der Waals surface area (Å²) in [4.78, 5) is 35.7. The number of allylic oxidation sites excluding steroid dienone is 2. The summed E-state index contributed by atoms with van der Waals surface area (Å²) in [6.07, 6.45) is 6.40. The van der Waals surface area contributed by atoms with Gasteiger partial charge in [0.2, 0.25) is 0 Å². The van der Waals surface area contributed by atoms with Crippen LogP contribution in [0.2, 0.25) is 0 Å². The van der Waals surface area contributed by atoms with Crippen LogP contribution in [0.15, 0.2) is 39.9 Å². The maximum absolute atomic E-state index is 12.6. The van der Waals surface area contributed by atoms with Crippen molar-refractivity contribution in [2.75, 3.05) is 6.61 Å². The lowest BCUT2D eigenvalue weighted by Crippen LogP contribution is -2.28. The molecule has 0 unspecified atom stereocenters. The van der Waals surface area contributed by atoms with Crippen LogP contribution in [0.5, 0.6) is 5.75 Å². The topological polar surface area (TPSA) is 96.3 Å². The molecule has 4 atom stereocenters. The lowest BCUT2D eigenvalue weighted by atomic mass is 9.85. The molecule has 26 heavy (non-hydrogen) atoms. The number of fused-ring (bicyclic) bond motifs is 5. The van der Waals surface area contributed by atoms with Crippen molar-refractivity contribution >= 4 is 39.9 Å². The summed E-state index contributed by atoms with van der Waals surface area (Å²) in [5.41, 5.74) is 0.651. The molecule has 0 spiro atoms. The molecular formula is C18H15BrN2O5. The number of carbonyl (C=O) groups is 3. The second kappa shape index (κ2) is 6.35. The van der Waals surface area contributed by atoms with E-state index in [1.807, 2.05) is 12.2 Å². The standard InChI is InChI=1S/C18H15BrN2O5/c19-12-5-9(1-4-13(12)26-8-14(22)23)7-20-21-17(24)15-10-2-3-11(6-10)16(15)18(21)25/h1-5,7,10-11,15-16H,6,8H2,(H,22,23)/t10-,11-,15-,16+/m0/s1. The van der Waals surface area contributed by atoms with E-state index in [0.29, 0.717) is 15.8 Å². The fourth-order valence-corrected chi connectivity index (χ4v) is 4.49. The Morgan fingerprint density at radius 3 is 2.50 bits per heavy atom. The molecule has 1 saturated heterocycles. The largest absolute Gasteiger partial charge is 0.481 e. The number of nitrogens with zero attached hydrogens (tertiary/aromatic N) is 2. The highest BCUT2D eigenvalue weighted by molar-refractivity contribution is 9.10. The van der Waals surface area contributed by atoms with Gasteiger partial charge in [-0.15, -0.1) is 0 Å². The van der Waals surface area contributed by atoms with Gasteiger partial charge >= 0.3 is 5.97 Å². The Morgan fingerprint density at radius 2 is 1.92 bits per heavy atom. The normalized spacial score (nSPS) is 29.0. The monoisotopic (exact) mass is 418 g/mol. The van der Waals surface area contributed by atoms with Crippen LogP contribution in [0.1, 0.15) is 12.0 Å². The second-order valence-electron chi connectivity index (χ2n) is 6.60. The Bertz CT molecular complexity index is 835. The molecular weight excluding hydrogens is 404 g/mol. The number of ether oxygens (including phenoxy) is 1. The molecule has 1 aromatic rings. The van der Waals surface area contributed by atoms with E-state index >= 15 is 0 Å². The molecule has 2 amide bonds. The third kappa shape index (κ3) is 2.74. The van der Waals surface area contributed by atoms with Crippen LogP contribution in [0.4, 0.5) is 0 Å². The Balaban J connectivity index is 1.49. The molecule has 3 aliphatic rings. The Morgan fingerprint density at radius 1 is 1.27 bits per heavy atom. The fraction of sp³-hybridized carbons (Fsp3) is 0.333. The molecule has 134 valence electrons. The van der Waals surface area contributed by atoms with Crippen LogP contribution >= 0.6 is 15.9 Å². The zero-order valence-corrected chi connectivity index (χ0v) is 15.1. The van der Waals surface area contributed by atoms with E-state index in [-0.39, 0.29) is 35.5 Å². The lowest BCUT2D eigenvalue weighted by molar-refractivity contribution is -0.141. The SMILES string of the molecule is O=C(O)COc1ccc(C=NN2C(=O)[C@@H]3[C@H](C2=O)[C@H]2C=C[C@H]3C2)cc1Br. The number of rotatable bonds is 5. The maximum atomic E-state index is 12.6. The molecule has 0 aromatic heterocycles. The molecule has 7 nitrogen and oxygen atoms in total. The summed E-state index contributed by atoms with van der Waals surface area (Å²) in [5.74, 6) is -1.37. The number of imide groups is 1. The first-order valence-corrected chi connectivity index (χ1v) is 8.99. The van der Waals surface area contributed by atoms with E-state index < -0.39 is 12.6 Å². The molecule has 1 heterocycles. The van der Waals surface area contributed by atoms with E-state index in [0.717, 1.165) is 11.4 Å². The van der Waals surface area contributed by atoms with Gasteiger partial charge in [-0.1, -0.05) is 12.2 Å². The van der Waals surface area contributed by atoms with Crippen molar-refractivity contribution in [2.24, 2.45) is 28.8 Å². The van der Waals surface area contributed by atoms with Crippen molar-refractivity contribution < 1.29 is 24.2 Å². The van der Waals surface area contributed by atoms with Gasteiger partial charge in [-0.25, -0.2) is 4.79 Å². The number of halogens is 1. The van der Waals surface area contributed by atoms with Gasteiger partial charge in [-0.3, -0.25) is 9.59 Å². The average molecular weight is 419 g/mol. The fourth-order valence-electron chi connectivity index (χ4n) is 3.98. The second-order valence-corrected chi connectivity index (χ2v) is 7.46. The molecule has 1 saturated carbocycles. The van der Waals surface area contributed by atoms with Gasteiger partial charge in [0.05, 0.1) is 22.5 Å². The summed E-state index contributed by atoms with van der Waals surface area (Å²) in [7, 11) is 0. The van der Waals surface area contributed by atoms with Gasteiger partial charge in [-0.2, -0.15) is 10.1 Å². The zero-order chi connectivity index (χ0) is 18.4. The van der Waals surface area contributed by atoms with Gasteiger partial charge in [0, 0.05) is 0 Å². The summed E-state index contributed by atoms with van der Waals surface area (Å²) < 4.78 is 5.69. The van der Waals surface area contributed by atoms with E-state index in [2.05, 4.69) is 21.0 Å². The number of carboxylic acid groups (broad SMARTS) is 1. The van der Waals surface area contributed by atoms with Gasteiger partial charge in [0.1, 0.15) is 5.75 Å². The van der Waals surface area contributed by atoms with Crippen LogP contribution < -0.4 is 4.74 Å². The number of carboxylic acids is 1. The van der Waals surface area contributed by atoms with Gasteiger partial charge in [0.25, 0.3) is 11.8 Å². The molecule has 2 fully saturated rings. The molecule has 4 rings (SSSR count). The van der Waals surface area contributed by atoms with Crippen molar-refractivity contribution in [2.45, 2.75) is 6.42 Å². The van der Waals surface area contributed by atoms with Gasteiger partial charge in [-0.05, 0) is 57.9 Å². The zero-order valence-electron chi connectivity index (χ0n) is 13.5. The minimum Gasteiger partial charge on any atom is -0.481 e. The quantitative estimate of drug-likeness (QED) is 0.448. The summed E-state index contributed by atoms with van der Waals surface area (Å²) in [6, 6.07) is 4.95. The molecule has 1 N–H and O–H groups in total. The van der Waals surface area contributed by atoms with Crippen LogP contribution in [-0.4, -0.2) is 40.7 Å². The summed E-state index contributed by atoms with van der Waals surface area (Å²) in [6.45, 7) is -0.442. The first-order valence-electron chi connectivity index (χ1n) is 8.20. The van der Waals surface area contributed by atoms with Crippen molar-refractivity contribution in [1.29, 1.82) is 0 Å². The highest BCUT2D eigenvalue weighted by Crippen LogP contribution is 2.52. The van der Waals surface area contributed by atoms with Crippen LogP contribution in [0.3, 0.4) is 0 Å². The van der Waals surface area contributed by atoms with E-state index in [4.69, 9.17) is 9.84 Å². The van der Waals surface area contributed by atoms with Crippen LogP contribution in [0, 0.1) is 23.7 Å². The van der Waals surface area contributed by atoms with Gasteiger partial charge in [0.15, 0.2) is 6.61 Å². The smallest absolute Gasteiger partial charge is 0.341 e. The number of benzene rings is 1. The Kier molecular flexibility index (Phi) is 4.14. The molecule has 8 heteroatoms. The van der Waals surface area contributed by atoms with Crippen molar-refractivity contribution in [1.82, 2.24) is 5.01 Å². The Labute approximate surface area is 157 Å². The number of hydrazone groups is 1.